The Bertz CT molecular complexity index is 282. The molecule has 1 aliphatic carbocycles. The van der Waals surface area contributed by atoms with Crippen LogP contribution < -0.4 is 5.32 Å². The highest BCUT2D eigenvalue weighted by Crippen LogP contribution is 2.41. The molecule has 5 heteroatoms. The largest absolute Gasteiger partial charge is 0.465 e. The van der Waals surface area contributed by atoms with Crippen LogP contribution in [0.15, 0.2) is 0 Å². The summed E-state index contributed by atoms with van der Waals surface area (Å²) in [6.45, 7) is 6.16. The first-order valence-electron chi connectivity index (χ1n) is 6.88. The molecular formula is C13H24N2O3. The zero-order chi connectivity index (χ0) is 13.0. The summed E-state index contributed by atoms with van der Waals surface area (Å²) in [6, 6.07) is 0. The van der Waals surface area contributed by atoms with Crippen LogP contribution in [0.4, 0.5) is 0 Å². The van der Waals surface area contributed by atoms with Crippen LogP contribution in [0, 0.1) is 0 Å². The monoisotopic (exact) mass is 256 g/mol. The second-order valence-corrected chi connectivity index (χ2v) is 5.11. The van der Waals surface area contributed by atoms with Crippen LogP contribution in [0.5, 0.6) is 0 Å². The fraction of sp³-hybridized carbons (Fsp3) is 0.923. The topological polar surface area (TPSA) is 50.8 Å². The van der Waals surface area contributed by atoms with E-state index in [1.807, 2.05) is 6.92 Å². The molecule has 0 aromatic carbocycles. The Balaban J connectivity index is 2.07. The molecule has 18 heavy (non-hydrogen) atoms. The lowest BCUT2D eigenvalue weighted by Gasteiger charge is -2.51. The number of esters is 1. The molecule has 0 atom stereocenters. The van der Waals surface area contributed by atoms with Crippen molar-refractivity contribution in [2.24, 2.45) is 0 Å². The van der Waals surface area contributed by atoms with Gasteiger partial charge in [0.25, 0.3) is 0 Å². The molecule has 5 nitrogen and oxygen atoms in total. The van der Waals surface area contributed by atoms with Gasteiger partial charge in [-0.3, -0.25) is 9.69 Å². The normalized spacial score (nSPS) is 33.6. The number of hydrogen-bond acceptors (Lipinski definition) is 5. The molecule has 0 radical (unpaired) electrons. The van der Waals surface area contributed by atoms with Crippen LogP contribution in [0.25, 0.3) is 0 Å². The maximum absolute atomic E-state index is 12.3. The summed E-state index contributed by atoms with van der Waals surface area (Å²) >= 11 is 0. The van der Waals surface area contributed by atoms with Crippen LogP contribution in [-0.4, -0.2) is 62.4 Å². The lowest BCUT2D eigenvalue weighted by Crippen LogP contribution is -2.65. The zero-order valence-electron chi connectivity index (χ0n) is 11.4. The van der Waals surface area contributed by atoms with Gasteiger partial charge in [-0.15, -0.1) is 0 Å². The van der Waals surface area contributed by atoms with E-state index in [9.17, 15) is 4.79 Å². The molecule has 1 N–H and O–H groups in total. The Labute approximate surface area is 109 Å². The van der Waals surface area contributed by atoms with E-state index in [4.69, 9.17) is 9.47 Å². The fourth-order valence-electron chi connectivity index (χ4n) is 2.95. The van der Waals surface area contributed by atoms with Crippen LogP contribution in [0.1, 0.15) is 26.2 Å². The molecule has 1 saturated heterocycles. The number of methoxy groups -OCH3 is 1. The summed E-state index contributed by atoms with van der Waals surface area (Å²) in [6.07, 6.45) is 2.81. The molecule has 2 fully saturated rings. The summed E-state index contributed by atoms with van der Waals surface area (Å²) in [5.74, 6) is -0.0693. The number of ether oxygens (including phenoxy) is 2. The quantitative estimate of drug-likeness (QED) is 0.738. The van der Waals surface area contributed by atoms with Crippen molar-refractivity contribution in [2.45, 2.75) is 37.8 Å². The highest BCUT2D eigenvalue weighted by molar-refractivity contribution is 5.82. The van der Waals surface area contributed by atoms with E-state index >= 15 is 0 Å². The first-order valence-corrected chi connectivity index (χ1v) is 6.88. The summed E-state index contributed by atoms with van der Waals surface area (Å²) in [5, 5.41) is 3.37. The van der Waals surface area contributed by atoms with Crippen molar-refractivity contribution in [3.63, 3.8) is 0 Å². The molecule has 1 heterocycles. The number of hydrogen-bond donors (Lipinski definition) is 1. The molecule has 0 unspecified atom stereocenters. The Kier molecular flexibility index (Phi) is 4.59. The van der Waals surface area contributed by atoms with E-state index in [0.717, 1.165) is 45.4 Å². The number of rotatable bonds is 4. The Morgan fingerprint density at radius 1 is 1.39 bits per heavy atom. The predicted octanol–water partition coefficient (Wildman–Crippen LogP) is 0.392. The second-order valence-electron chi connectivity index (χ2n) is 5.11. The van der Waals surface area contributed by atoms with Gasteiger partial charge < -0.3 is 14.8 Å². The van der Waals surface area contributed by atoms with Crippen molar-refractivity contribution in [1.82, 2.24) is 10.2 Å². The van der Waals surface area contributed by atoms with Crippen molar-refractivity contribution in [1.29, 1.82) is 0 Å². The molecule has 0 bridgehead atoms. The lowest BCUT2D eigenvalue weighted by molar-refractivity contribution is -0.176. The van der Waals surface area contributed by atoms with E-state index < -0.39 is 5.54 Å². The lowest BCUT2D eigenvalue weighted by atomic mass is 9.72. The minimum absolute atomic E-state index is 0.0693. The van der Waals surface area contributed by atoms with Crippen molar-refractivity contribution < 1.29 is 14.3 Å². The minimum Gasteiger partial charge on any atom is -0.465 e. The first kappa shape index (κ1) is 13.8. The summed E-state index contributed by atoms with van der Waals surface area (Å²) in [7, 11) is 1.71. The van der Waals surface area contributed by atoms with Gasteiger partial charge in [0.2, 0.25) is 0 Å². The third kappa shape index (κ3) is 2.53. The standard InChI is InChI=1S/C13H24N2O3/c1-3-18-12(16)13(9-11(10-13)17-2)15-7-4-5-14-6-8-15/h11,14H,3-10H2,1-2H3. The number of carbonyl (C=O) groups excluding carboxylic acids is 1. The highest BCUT2D eigenvalue weighted by Gasteiger charge is 2.55. The third-order valence-electron chi connectivity index (χ3n) is 4.06. The highest BCUT2D eigenvalue weighted by atomic mass is 16.5. The second kappa shape index (κ2) is 5.99. The number of carbonyl (C=O) groups is 1. The first-order chi connectivity index (χ1) is 8.73. The Morgan fingerprint density at radius 2 is 2.17 bits per heavy atom. The molecule has 1 saturated carbocycles. The smallest absolute Gasteiger partial charge is 0.326 e. The predicted molar refractivity (Wildman–Crippen MR) is 68.5 cm³/mol. The molecule has 2 aliphatic rings. The average Bonchev–Trinajstić information content (AvgIpc) is 2.58. The van der Waals surface area contributed by atoms with Gasteiger partial charge in [0, 0.05) is 39.6 Å². The van der Waals surface area contributed by atoms with Crippen LogP contribution in [-0.2, 0) is 14.3 Å². The van der Waals surface area contributed by atoms with E-state index in [1.54, 1.807) is 7.11 Å². The third-order valence-corrected chi connectivity index (χ3v) is 4.06. The van der Waals surface area contributed by atoms with Gasteiger partial charge in [-0.05, 0) is 19.9 Å². The maximum Gasteiger partial charge on any atom is 0.326 e. The minimum atomic E-state index is -0.428. The van der Waals surface area contributed by atoms with Crippen molar-refractivity contribution in [3.05, 3.63) is 0 Å². The summed E-state index contributed by atoms with van der Waals surface area (Å²) in [4.78, 5) is 14.6. The molecular weight excluding hydrogens is 232 g/mol. The van der Waals surface area contributed by atoms with Crippen LogP contribution in [0.3, 0.4) is 0 Å². The molecule has 0 spiro atoms. The zero-order valence-corrected chi connectivity index (χ0v) is 11.4. The van der Waals surface area contributed by atoms with E-state index in [2.05, 4.69) is 10.2 Å². The van der Waals surface area contributed by atoms with E-state index in [1.165, 1.54) is 0 Å². The summed E-state index contributed by atoms with van der Waals surface area (Å²) in [5.41, 5.74) is -0.428. The van der Waals surface area contributed by atoms with Gasteiger partial charge in [0.15, 0.2) is 0 Å². The van der Waals surface area contributed by atoms with E-state index in [-0.39, 0.29) is 12.1 Å². The molecule has 1 aliphatic heterocycles. The summed E-state index contributed by atoms with van der Waals surface area (Å²) < 4.78 is 10.6. The molecule has 0 aromatic rings. The number of nitrogens with one attached hydrogen (secondary N) is 1. The van der Waals surface area contributed by atoms with Crippen molar-refractivity contribution in [2.75, 3.05) is 39.9 Å². The molecule has 2 rings (SSSR count). The van der Waals surface area contributed by atoms with Gasteiger partial charge in [0.05, 0.1) is 12.7 Å². The van der Waals surface area contributed by atoms with Gasteiger partial charge in [0.1, 0.15) is 5.54 Å². The SMILES string of the molecule is CCOC(=O)C1(N2CCCNCC2)CC(OC)C1. The fourth-order valence-corrected chi connectivity index (χ4v) is 2.95. The van der Waals surface area contributed by atoms with Gasteiger partial charge >= 0.3 is 5.97 Å². The van der Waals surface area contributed by atoms with Crippen LogP contribution >= 0.6 is 0 Å². The van der Waals surface area contributed by atoms with Crippen molar-refractivity contribution in [3.8, 4) is 0 Å². The maximum atomic E-state index is 12.3. The average molecular weight is 256 g/mol. The molecule has 0 amide bonds. The van der Waals surface area contributed by atoms with Crippen molar-refractivity contribution >= 4 is 5.97 Å². The molecule has 0 aromatic heterocycles. The van der Waals surface area contributed by atoms with Gasteiger partial charge in [-0.1, -0.05) is 0 Å². The molecule has 104 valence electrons. The number of nitrogens with zero attached hydrogens (tertiary/aromatic N) is 1. The van der Waals surface area contributed by atoms with Gasteiger partial charge in [-0.25, -0.2) is 0 Å². The Hall–Kier alpha value is -0.650. The van der Waals surface area contributed by atoms with Crippen LogP contribution in [0.2, 0.25) is 0 Å². The van der Waals surface area contributed by atoms with E-state index in [0.29, 0.717) is 6.61 Å². The van der Waals surface area contributed by atoms with Gasteiger partial charge in [-0.2, -0.15) is 0 Å². The Morgan fingerprint density at radius 3 is 2.83 bits per heavy atom.